The van der Waals surface area contributed by atoms with Crippen molar-refractivity contribution >= 4 is 0 Å². The molecule has 3 heteroatoms. The van der Waals surface area contributed by atoms with E-state index in [9.17, 15) is 0 Å². The molecule has 0 aliphatic heterocycles. The minimum absolute atomic E-state index is 0.193. The van der Waals surface area contributed by atoms with Crippen molar-refractivity contribution in [3.05, 3.63) is 0 Å². The zero-order chi connectivity index (χ0) is 9.78. The average Bonchev–Trinajstić information content (AvgIpc) is 1.84. The Morgan fingerprint density at radius 1 is 1.33 bits per heavy atom. The fourth-order valence-corrected chi connectivity index (χ4v) is 1.46. The normalized spacial score (nSPS) is 15.2. The van der Waals surface area contributed by atoms with E-state index in [0.29, 0.717) is 12.7 Å². The van der Waals surface area contributed by atoms with Gasteiger partial charge in [-0.3, -0.25) is 10.2 Å². The zero-order valence-corrected chi connectivity index (χ0v) is 8.89. The van der Waals surface area contributed by atoms with Gasteiger partial charge in [-0.2, -0.15) is 0 Å². The van der Waals surface area contributed by atoms with Gasteiger partial charge >= 0.3 is 0 Å². The minimum Gasteiger partial charge on any atom is -0.395 e. The van der Waals surface area contributed by atoms with Gasteiger partial charge in [0.25, 0.3) is 0 Å². The van der Waals surface area contributed by atoms with Crippen molar-refractivity contribution in [2.45, 2.75) is 26.9 Å². The Morgan fingerprint density at radius 2 is 1.83 bits per heavy atom. The van der Waals surface area contributed by atoms with Crippen LogP contribution in [0, 0.1) is 5.41 Å². The fourth-order valence-electron chi connectivity index (χ4n) is 1.46. The molecular formula is C9H22N2O. The predicted octanol–water partition coefficient (Wildman–Crippen LogP) is 0.502. The molecule has 0 fully saturated rings. The standard InChI is InChI=1S/C9H22N2O/c1-9(2,3)8(11(4)5)10-6-7-12/h8,10,12H,6-7H2,1-5H3. The fraction of sp³-hybridized carbons (Fsp3) is 1.00. The van der Waals surface area contributed by atoms with E-state index in [0.717, 1.165) is 0 Å². The molecule has 0 aromatic carbocycles. The molecule has 1 unspecified atom stereocenters. The van der Waals surface area contributed by atoms with Crippen molar-refractivity contribution in [2.24, 2.45) is 5.41 Å². The summed E-state index contributed by atoms with van der Waals surface area (Å²) in [7, 11) is 4.08. The summed E-state index contributed by atoms with van der Waals surface area (Å²) in [6.45, 7) is 7.40. The molecular weight excluding hydrogens is 152 g/mol. The largest absolute Gasteiger partial charge is 0.395 e. The van der Waals surface area contributed by atoms with Crippen molar-refractivity contribution in [3.8, 4) is 0 Å². The maximum atomic E-state index is 8.68. The number of hydrogen-bond acceptors (Lipinski definition) is 3. The molecule has 3 nitrogen and oxygen atoms in total. The van der Waals surface area contributed by atoms with Crippen LogP contribution in [-0.4, -0.2) is 43.4 Å². The maximum Gasteiger partial charge on any atom is 0.0642 e. The lowest BCUT2D eigenvalue weighted by molar-refractivity contribution is 0.111. The molecule has 0 saturated heterocycles. The molecule has 0 bridgehead atoms. The highest BCUT2D eigenvalue weighted by Crippen LogP contribution is 2.20. The lowest BCUT2D eigenvalue weighted by atomic mass is 9.91. The SMILES string of the molecule is CN(C)C(NCCO)C(C)(C)C. The Hall–Kier alpha value is -0.120. The van der Waals surface area contributed by atoms with E-state index >= 15 is 0 Å². The second-order valence-electron chi connectivity index (χ2n) is 4.41. The average molecular weight is 174 g/mol. The van der Waals surface area contributed by atoms with Gasteiger partial charge in [-0.1, -0.05) is 20.8 Å². The van der Waals surface area contributed by atoms with Gasteiger partial charge < -0.3 is 5.11 Å². The van der Waals surface area contributed by atoms with Gasteiger partial charge in [0.2, 0.25) is 0 Å². The molecule has 0 aromatic rings. The predicted molar refractivity (Wildman–Crippen MR) is 52.0 cm³/mol. The van der Waals surface area contributed by atoms with Crippen LogP contribution in [0.25, 0.3) is 0 Å². The molecule has 74 valence electrons. The van der Waals surface area contributed by atoms with Crippen LogP contribution < -0.4 is 5.32 Å². The zero-order valence-electron chi connectivity index (χ0n) is 8.89. The quantitative estimate of drug-likeness (QED) is 0.609. The van der Waals surface area contributed by atoms with E-state index < -0.39 is 0 Å². The summed E-state index contributed by atoms with van der Waals surface area (Å²) in [5.41, 5.74) is 0.193. The van der Waals surface area contributed by atoms with E-state index in [2.05, 4.69) is 31.0 Å². The first-order valence-corrected chi connectivity index (χ1v) is 4.40. The van der Waals surface area contributed by atoms with Crippen molar-refractivity contribution in [1.82, 2.24) is 10.2 Å². The van der Waals surface area contributed by atoms with Crippen LogP contribution in [0.5, 0.6) is 0 Å². The number of nitrogens with zero attached hydrogens (tertiary/aromatic N) is 1. The number of aliphatic hydroxyl groups is 1. The molecule has 0 rings (SSSR count). The minimum atomic E-state index is 0.193. The van der Waals surface area contributed by atoms with E-state index in [4.69, 9.17) is 5.11 Å². The van der Waals surface area contributed by atoms with Crippen LogP contribution in [-0.2, 0) is 0 Å². The first-order valence-electron chi connectivity index (χ1n) is 4.40. The number of rotatable bonds is 4. The molecule has 0 radical (unpaired) electrons. The molecule has 0 aromatic heterocycles. The summed E-state index contributed by atoms with van der Waals surface area (Å²) < 4.78 is 0. The van der Waals surface area contributed by atoms with Gasteiger partial charge in [0, 0.05) is 6.54 Å². The summed E-state index contributed by atoms with van der Waals surface area (Å²) in [6, 6.07) is 0. The van der Waals surface area contributed by atoms with Crippen LogP contribution in [0.15, 0.2) is 0 Å². The van der Waals surface area contributed by atoms with Crippen molar-refractivity contribution in [3.63, 3.8) is 0 Å². The Labute approximate surface area is 75.8 Å². The van der Waals surface area contributed by atoms with Crippen LogP contribution >= 0.6 is 0 Å². The van der Waals surface area contributed by atoms with Gasteiger partial charge in [0.15, 0.2) is 0 Å². The van der Waals surface area contributed by atoms with E-state index in [1.165, 1.54) is 0 Å². The highest BCUT2D eigenvalue weighted by Gasteiger charge is 2.25. The second-order valence-corrected chi connectivity index (χ2v) is 4.41. The van der Waals surface area contributed by atoms with Crippen LogP contribution in [0.4, 0.5) is 0 Å². The smallest absolute Gasteiger partial charge is 0.0642 e. The summed E-state index contributed by atoms with van der Waals surface area (Å²) in [5, 5.41) is 12.0. The van der Waals surface area contributed by atoms with Gasteiger partial charge in [-0.05, 0) is 19.5 Å². The first kappa shape index (κ1) is 11.9. The van der Waals surface area contributed by atoms with Crippen molar-refractivity contribution in [1.29, 1.82) is 0 Å². The number of hydrogen-bond donors (Lipinski definition) is 2. The Morgan fingerprint density at radius 3 is 2.08 bits per heavy atom. The second kappa shape index (κ2) is 4.80. The van der Waals surface area contributed by atoms with Crippen molar-refractivity contribution < 1.29 is 5.11 Å². The Balaban J connectivity index is 4.05. The molecule has 0 saturated carbocycles. The summed E-state index contributed by atoms with van der Waals surface area (Å²) in [6.07, 6.45) is 0.310. The molecule has 0 spiro atoms. The van der Waals surface area contributed by atoms with Crippen LogP contribution in [0.3, 0.4) is 0 Å². The number of nitrogens with one attached hydrogen (secondary N) is 1. The molecule has 12 heavy (non-hydrogen) atoms. The monoisotopic (exact) mass is 174 g/mol. The summed E-state index contributed by atoms with van der Waals surface area (Å²) >= 11 is 0. The van der Waals surface area contributed by atoms with Crippen LogP contribution in [0.1, 0.15) is 20.8 Å². The van der Waals surface area contributed by atoms with E-state index in [1.54, 1.807) is 0 Å². The highest BCUT2D eigenvalue weighted by molar-refractivity contribution is 4.77. The lowest BCUT2D eigenvalue weighted by Crippen LogP contribution is -2.50. The number of aliphatic hydroxyl groups excluding tert-OH is 1. The van der Waals surface area contributed by atoms with Crippen molar-refractivity contribution in [2.75, 3.05) is 27.2 Å². The summed E-state index contributed by atoms with van der Waals surface area (Å²) in [5.74, 6) is 0. The van der Waals surface area contributed by atoms with Gasteiger partial charge in [-0.25, -0.2) is 0 Å². The summed E-state index contributed by atoms with van der Waals surface area (Å²) in [4.78, 5) is 2.13. The molecule has 0 heterocycles. The van der Waals surface area contributed by atoms with E-state index in [-0.39, 0.29) is 12.0 Å². The third-order valence-corrected chi connectivity index (χ3v) is 1.79. The first-order chi connectivity index (χ1) is 5.39. The molecule has 0 amide bonds. The van der Waals surface area contributed by atoms with E-state index in [1.807, 2.05) is 14.1 Å². The van der Waals surface area contributed by atoms with Gasteiger partial charge in [0.05, 0.1) is 12.8 Å². The molecule has 1 atom stereocenters. The third kappa shape index (κ3) is 4.04. The molecule has 0 aliphatic carbocycles. The topological polar surface area (TPSA) is 35.5 Å². The maximum absolute atomic E-state index is 8.68. The van der Waals surface area contributed by atoms with Gasteiger partial charge in [0.1, 0.15) is 0 Å². The Kier molecular flexibility index (Phi) is 4.75. The molecule has 2 N–H and O–H groups in total. The third-order valence-electron chi connectivity index (χ3n) is 1.79. The van der Waals surface area contributed by atoms with Crippen LogP contribution in [0.2, 0.25) is 0 Å². The Bertz CT molecular complexity index is 118. The molecule has 0 aliphatic rings. The highest BCUT2D eigenvalue weighted by atomic mass is 16.3. The lowest BCUT2D eigenvalue weighted by Gasteiger charge is -2.36. The van der Waals surface area contributed by atoms with Gasteiger partial charge in [-0.15, -0.1) is 0 Å².